The number of hydrogen-bond acceptors (Lipinski definition) is 4. The first-order valence-electron chi connectivity index (χ1n) is 7.03. The van der Waals surface area contributed by atoms with Gasteiger partial charge in [-0.05, 0) is 25.5 Å². The van der Waals surface area contributed by atoms with Gasteiger partial charge >= 0.3 is 0 Å². The summed E-state index contributed by atoms with van der Waals surface area (Å²) in [6, 6.07) is 5.47. The molecule has 1 heterocycles. The first-order valence-corrected chi connectivity index (χ1v) is 7.03. The van der Waals surface area contributed by atoms with E-state index in [1.165, 1.54) is 5.56 Å². The zero-order valence-corrected chi connectivity index (χ0v) is 12.5. The minimum Gasteiger partial charge on any atom is -0.380 e. The molecule has 1 unspecified atom stereocenters. The Morgan fingerprint density at radius 2 is 2.15 bits per heavy atom. The van der Waals surface area contributed by atoms with Gasteiger partial charge in [-0.15, -0.1) is 0 Å². The smallest absolute Gasteiger partial charge is 0.271 e. The summed E-state index contributed by atoms with van der Waals surface area (Å²) < 4.78 is 5.43. The van der Waals surface area contributed by atoms with Crippen molar-refractivity contribution < 1.29 is 9.66 Å². The quantitative estimate of drug-likeness (QED) is 0.472. The van der Waals surface area contributed by atoms with Crippen molar-refractivity contribution in [3.63, 3.8) is 0 Å². The Kier molecular flexibility index (Phi) is 3.99. The lowest BCUT2D eigenvalue weighted by Crippen LogP contribution is -2.40. The SMILES string of the molecule is CCOCCN1c2cc([N+](=O)[O-])ccc2C(C)(C)C1C. The zero-order valence-electron chi connectivity index (χ0n) is 12.5. The van der Waals surface area contributed by atoms with E-state index in [9.17, 15) is 10.1 Å². The average molecular weight is 278 g/mol. The van der Waals surface area contributed by atoms with Crippen LogP contribution in [-0.4, -0.2) is 30.7 Å². The Morgan fingerprint density at radius 1 is 1.45 bits per heavy atom. The molecule has 0 fully saturated rings. The molecule has 0 spiro atoms. The maximum absolute atomic E-state index is 11.0. The lowest BCUT2D eigenvalue weighted by atomic mass is 9.81. The fourth-order valence-corrected chi connectivity index (χ4v) is 2.86. The van der Waals surface area contributed by atoms with Crippen molar-refractivity contribution in [3.8, 4) is 0 Å². The lowest BCUT2D eigenvalue weighted by molar-refractivity contribution is -0.384. The largest absolute Gasteiger partial charge is 0.380 e. The van der Waals surface area contributed by atoms with Crippen molar-refractivity contribution in [1.29, 1.82) is 0 Å². The molecule has 0 aromatic heterocycles. The van der Waals surface area contributed by atoms with Crippen LogP contribution in [0.25, 0.3) is 0 Å². The Hall–Kier alpha value is -1.62. The van der Waals surface area contributed by atoms with Crippen molar-refractivity contribution in [3.05, 3.63) is 33.9 Å². The second-order valence-electron chi connectivity index (χ2n) is 5.75. The summed E-state index contributed by atoms with van der Waals surface area (Å²) in [6.07, 6.45) is 0. The highest BCUT2D eigenvalue weighted by Crippen LogP contribution is 2.46. The molecule has 0 N–H and O–H groups in total. The Labute approximate surface area is 119 Å². The third kappa shape index (κ3) is 2.38. The highest BCUT2D eigenvalue weighted by atomic mass is 16.6. The van der Waals surface area contributed by atoms with E-state index in [1.54, 1.807) is 12.1 Å². The number of hydrogen-bond donors (Lipinski definition) is 0. The van der Waals surface area contributed by atoms with Gasteiger partial charge in [-0.25, -0.2) is 0 Å². The van der Waals surface area contributed by atoms with Gasteiger partial charge in [0.05, 0.1) is 11.5 Å². The molecule has 5 nitrogen and oxygen atoms in total. The normalized spacial score (nSPS) is 20.0. The van der Waals surface area contributed by atoms with Gasteiger partial charge < -0.3 is 9.64 Å². The second kappa shape index (κ2) is 5.40. The van der Waals surface area contributed by atoms with Crippen LogP contribution in [0.3, 0.4) is 0 Å². The van der Waals surface area contributed by atoms with Gasteiger partial charge in [0.25, 0.3) is 5.69 Å². The maximum atomic E-state index is 11.0. The Morgan fingerprint density at radius 3 is 2.75 bits per heavy atom. The van der Waals surface area contributed by atoms with Crippen molar-refractivity contribution in [1.82, 2.24) is 0 Å². The number of benzene rings is 1. The fourth-order valence-electron chi connectivity index (χ4n) is 2.86. The van der Waals surface area contributed by atoms with Crippen LogP contribution in [0.4, 0.5) is 11.4 Å². The van der Waals surface area contributed by atoms with Crippen LogP contribution < -0.4 is 4.90 Å². The standard InChI is InChI=1S/C15H22N2O3/c1-5-20-9-8-16-11(2)15(3,4)13-7-6-12(17(18)19)10-14(13)16/h6-7,10-11H,5,8-9H2,1-4H3. The van der Waals surface area contributed by atoms with Gasteiger partial charge in [0.2, 0.25) is 0 Å². The number of non-ortho nitro benzene ring substituents is 1. The highest BCUT2D eigenvalue weighted by molar-refractivity contribution is 5.67. The molecule has 0 radical (unpaired) electrons. The lowest BCUT2D eigenvalue weighted by Gasteiger charge is -2.31. The van der Waals surface area contributed by atoms with E-state index >= 15 is 0 Å². The molecule has 0 saturated heterocycles. The summed E-state index contributed by atoms with van der Waals surface area (Å²) in [7, 11) is 0. The Balaban J connectivity index is 2.37. The average Bonchev–Trinajstić information content (AvgIpc) is 2.59. The monoisotopic (exact) mass is 278 g/mol. The molecule has 1 aromatic carbocycles. The molecule has 0 aliphatic carbocycles. The van der Waals surface area contributed by atoms with Crippen LogP contribution >= 0.6 is 0 Å². The van der Waals surface area contributed by atoms with E-state index in [2.05, 4.69) is 25.7 Å². The molecule has 0 amide bonds. The predicted molar refractivity (Wildman–Crippen MR) is 79.4 cm³/mol. The Bertz CT molecular complexity index is 514. The van der Waals surface area contributed by atoms with Crippen molar-refractivity contribution in [2.75, 3.05) is 24.7 Å². The fraction of sp³-hybridized carbons (Fsp3) is 0.600. The molecule has 1 atom stereocenters. The van der Waals surface area contributed by atoms with Crippen LogP contribution in [0.15, 0.2) is 18.2 Å². The molecule has 2 rings (SSSR count). The minimum absolute atomic E-state index is 0.0172. The number of nitrogens with zero attached hydrogens (tertiary/aromatic N) is 2. The van der Waals surface area contributed by atoms with Gasteiger partial charge in [0, 0.05) is 42.4 Å². The third-order valence-electron chi connectivity index (χ3n) is 4.39. The number of nitro groups is 1. The van der Waals surface area contributed by atoms with Crippen LogP contribution in [0.1, 0.15) is 33.3 Å². The molecule has 1 aromatic rings. The molecule has 0 bridgehead atoms. The van der Waals surface area contributed by atoms with E-state index < -0.39 is 0 Å². The predicted octanol–water partition coefficient (Wildman–Crippen LogP) is 3.12. The van der Waals surface area contributed by atoms with Gasteiger partial charge in [0.15, 0.2) is 0 Å². The summed E-state index contributed by atoms with van der Waals surface area (Å²) in [5.41, 5.74) is 2.27. The van der Waals surface area contributed by atoms with E-state index in [-0.39, 0.29) is 16.0 Å². The van der Waals surface area contributed by atoms with Crippen LogP contribution in [0.2, 0.25) is 0 Å². The molecular formula is C15H22N2O3. The van der Waals surface area contributed by atoms with Gasteiger partial charge in [-0.3, -0.25) is 10.1 Å². The van der Waals surface area contributed by atoms with E-state index in [1.807, 2.05) is 13.0 Å². The summed E-state index contributed by atoms with van der Waals surface area (Å²) >= 11 is 0. The van der Waals surface area contributed by atoms with Crippen LogP contribution in [0.5, 0.6) is 0 Å². The summed E-state index contributed by atoms with van der Waals surface area (Å²) in [6.45, 7) is 10.6. The van der Waals surface area contributed by atoms with Crippen LogP contribution in [0, 0.1) is 10.1 Å². The summed E-state index contributed by atoms with van der Waals surface area (Å²) in [4.78, 5) is 12.9. The van der Waals surface area contributed by atoms with Crippen molar-refractivity contribution >= 4 is 11.4 Å². The van der Waals surface area contributed by atoms with Gasteiger partial charge in [-0.1, -0.05) is 13.8 Å². The molecule has 0 saturated carbocycles. The molecule has 20 heavy (non-hydrogen) atoms. The van der Waals surface area contributed by atoms with E-state index in [0.29, 0.717) is 19.3 Å². The summed E-state index contributed by atoms with van der Waals surface area (Å²) in [5, 5.41) is 11.0. The number of nitro benzene ring substituents is 1. The first kappa shape index (κ1) is 14.8. The molecular weight excluding hydrogens is 256 g/mol. The van der Waals surface area contributed by atoms with Crippen LogP contribution in [-0.2, 0) is 10.2 Å². The molecule has 110 valence electrons. The number of anilines is 1. The topological polar surface area (TPSA) is 55.6 Å². The van der Waals surface area contributed by atoms with Crippen molar-refractivity contribution in [2.24, 2.45) is 0 Å². The third-order valence-corrected chi connectivity index (χ3v) is 4.39. The van der Waals surface area contributed by atoms with E-state index in [0.717, 1.165) is 12.2 Å². The summed E-state index contributed by atoms with van der Waals surface area (Å²) in [5.74, 6) is 0. The highest BCUT2D eigenvalue weighted by Gasteiger charge is 2.42. The van der Waals surface area contributed by atoms with Crippen molar-refractivity contribution in [2.45, 2.75) is 39.2 Å². The molecule has 1 aliphatic heterocycles. The number of ether oxygens (including phenoxy) is 1. The molecule has 5 heteroatoms. The minimum atomic E-state index is -0.336. The number of fused-ring (bicyclic) bond motifs is 1. The molecule has 1 aliphatic rings. The second-order valence-corrected chi connectivity index (χ2v) is 5.75. The zero-order chi connectivity index (χ0) is 14.9. The van der Waals surface area contributed by atoms with Gasteiger partial charge in [0.1, 0.15) is 0 Å². The maximum Gasteiger partial charge on any atom is 0.271 e. The van der Waals surface area contributed by atoms with Gasteiger partial charge in [-0.2, -0.15) is 0 Å². The van der Waals surface area contributed by atoms with E-state index in [4.69, 9.17) is 4.74 Å². The first-order chi connectivity index (χ1) is 9.39. The number of rotatable bonds is 5.